The summed E-state index contributed by atoms with van der Waals surface area (Å²) in [7, 11) is 1.52. The first-order valence-electron chi connectivity index (χ1n) is 11.2. The van der Waals surface area contributed by atoms with Gasteiger partial charge < -0.3 is 30.3 Å². The van der Waals surface area contributed by atoms with Crippen LogP contribution in [0.4, 0.5) is 27.5 Å². The van der Waals surface area contributed by atoms with Gasteiger partial charge in [0, 0.05) is 29.4 Å². The molecule has 0 unspecified atom stereocenters. The van der Waals surface area contributed by atoms with Crippen molar-refractivity contribution in [3.63, 3.8) is 0 Å². The SMILES string of the molecule is COc1ccc(Cl)cc1NC(=O)Nc1cc(NC(=O)c2cccc(C)c2)ccc1N1CCOCC1. The number of morpholine rings is 1. The number of ether oxygens (including phenoxy) is 2. The van der Waals surface area contributed by atoms with Crippen LogP contribution in [0, 0.1) is 6.92 Å². The Bertz CT molecular complexity index is 1230. The minimum atomic E-state index is -0.470. The number of rotatable bonds is 6. The first-order valence-corrected chi connectivity index (χ1v) is 11.6. The maximum Gasteiger partial charge on any atom is 0.323 e. The van der Waals surface area contributed by atoms with E-state index in [0.29, 0.717) is 59.7 Å². The van der Waals surface area contributed by atoms with E-state index in [1.807, 2.05) is 37.3 Å². The summed E-state index contributed by atoms with van der Waals surface area (Å²) in [5.74, 6) is 0.254. The summed E-state index contributed by atoms with van der Waals surface area (Å²) in [6.07, 6.45) is 0. The number of aryl methyl sites for hydroxylation is 1. The van der Waals surface area contributed by atoms with Crippen LogP contribution in [0.2, 0.25) is 5.02 Å². The van der Waals surface area contributed by atoms with E-state index in [-0.39, 0.29) is 5.91 Å². The van der Waals surface area contributed by atoms with E-state index in [1.165, 1.54) is 7.11 Å². The molecule has 1 saturated heterocycles. The summed E-state index contributed by atoms with van der Waals surface area (Å²) >= 11 is 6.09. The van der Waals surface area contributed by atoms with Crippen LogP contribution in [0.25, 0.3) is 0 Å². The van der Waals surface area contributed by atoms with E-state index >= 15 is 0 Å². The van der Waals surface area contributed by atoms with Crippen molar-refractivity contribution in [2.24, 2.45) is 0 Å². The first kappa shape index (κ1) is 24.4. The van der Waals surface area contributed by atoms with Gasteiger partial charge in [-0.15, -0.1) is 0 Å². The van der Waals surface area contributed by atoms with Crippen LogP contribution in [0.5, 0.6) is 5.75 Å². The molecule has 0 aromatic heterocycles. The summed E-state index contributed by atoms with van der Waals surface area (Å²) in [6, 6.07) is 17.3. The molecule has 0 aliphatic carbocycles. The number of urea groups is 1. The number of carbonyl (C=O) groups is 2. The molecule has 8 nitrogen and oxygen atoms in total. The predicted molar refractivity (Wildman–Crippen MR) is 139 cm³/mol. The third kappa shape index (κ3) is 6.23. The minimum absolute atomic E-state index is 0.230. The molecule has 0 saturated carbocycles. The second-order valence-corrected chi connectivity index (χ2v) is 8.52. The second-order valence-electron chi connectivity index (χ2n) is 8.08. The van der Waals surface area contributed by atoms with Crippen molar-refractivity contribution in [2.75, 3.05) is 54.3 Å². The third-order valence-electron chi connectivity index (χ3n) is 5.54. The molecule has 4 rings (SSSR count). The lowest BCUT2D eigenvalue weighted by Crippen LogP contribution is -2.37. The average molecular weight is 495 g/mol. The zero-order chi connectivity index (χ0) is 24.8. The maximum atomic E-state index is 12.9. The normalized spacial score (nSPS) is 13.2. The fraction of sp³-hybridized carbons (Fsp3) is 0.231. The third-order valence-corrected chi connectivity index (χ3v) is 5.78. The van der Waals surface area contributed by atoms with Crippen LogP contribution in [0.3, 0.4) is 0 Å². The fourth-order valence-corrected chi connectivity index (χ4v) is 4.01. The topological polar surface area (TPSA) is 91.9 Å². The van der Waals surface area contributed by atoms with Crippen molar-refractivity contribution >= 4 is 46.3 Å². The van der Waals surface area contributed by atoms with Crippen molar-refractivity contribution in [2.45, 2.75) is 6.92 Å². The van der Waals surface area contributed by atoms with Gasteiger partial charge >= 0.3 is 6.03 Å². The molecule has 182 valence electrons. The van der Waals surface area contributed by atoms with Crippen molar-refractivity contribution in [3.05, 3.63) is 76.8 Å². The summed E-state index contributed by atoms with van der Waals surface area (Å²) < 4.78 is 10.8. The Hall–Kier alpha value is -3.75. The molecule has 1 aliphatic rings. The highest BCUT2D eigenvalue weighted by Gasteiger charge is 2.18. The molecule has 1 fully saturated rings. The molecule has 0 atom stereocenters. The molecule has 1 aliphatic heterocycles. The summed E-state index contributed by atoms with van der Waals surface area (Å²) in [4.78, 5) is 27.8. The van der Waals surface area contributed by atoms with Crippen molar-refractivity contribution in [1.29, 1.82) is 0 Å². The number of amides is 3. The predicted octanol–water partition coefficient (Wildman–Crippen LogP) is 5.39. The molecule has 0 spiro atoms. The standard InChI is InChI=1S/C26H27ClN4O4/c1-17-4-3-5-18(14-17)25(32)28-20-7-8-23(31-10-12-35-13-11-31)21(16-20)29-26(33)30-22-15-19(27)6-9-24(22)34-2/h3-9,14-16H,10-13H2,1-2H3,(H,28,32)(H2,29,30,33). The summed E-state index contributed by atoms with van der Waals surface area (Å²) in [6.45, 7) is 4.50. The molecular formula is C26H27ClN4O4. The average Bonchev–Trinajstić information content (AvgIpc) is 2.85. The van der Waals surface area contributed by atoms with Crippen LogP contribution in [0.1, 0.15) is 15.9 Å². The Morgan fingerprint density at radius 3 is 2.46 bits per heavy atom. The number of nitrogens with zero attached hydrogens (tertiary/aromatic N) is 1. The van der Waals surface area contributed by atoms with Gasteiger partial charge in [-0.2, -0.15) is 0 Å². The second kappa shape index (κ2) is 11.1. The summed E-state index contributed by atoms with van der Waals surface area (Å²) in [5, 5.41) is 9.07. The van der Waals surface area contributed by atoms with Gasteiger partial charge in [0.25, 0.3) is 5.91 Å². The van der Waals surface area contributed by atoms with Crippen LogP contribution in [-0.2, 0) is 4.74 Å². The molecule has 3 amide bonds. The van der Waals surface area contributed by atoms with Gasteiger partial charge in [-0.05, 0) is 55.5 Å². The highest BCUT2D eigenvalue weighted by atomic mass is 35.5. The number of anilines is 4. The Kier molecular flexibility index (Phi) is 7.74. The van der Waals surface area contributed by atoms with E-state index in [9.17, 15) is 9.59 Å². The quantitative estimate of drug-likeness (QED) is 0.427. The number of carbonyl (C=O) groups excluding carboxylic acids is 2. The van der Waals surface area contributed by atoms with E-state index in [1.54, 1.807) is 30.3 Å². The lowest BCUT2D eigenvalue weighted by molar-refractivity contribution is 0.102. The number of methoxy groups -OCH3 is 1. The van der Waals surface area contributed by atoms with Crippen LogP contribution >= 0.6 is 11.6 Å². The van der Waals surface area contributed by atoms with Gasteiger partial charge in [0.2, 0.25) is 0 Å². The van der Waals surface area contributed by atoms with Gasteiger partial charge in [-0.1, -0.05) is 29.3 Å². The van der Waals surface area contributed by atoms with Gasteiger partial charge in [-0.3, -0.25) is 4.79 Å². The molecule has 3 aromatic rings. The number of hydrogen-bond acceptors (Lipinski definition) is 5. The summed E-state index contributed by atoms with van der Waals surface area (Å²) in [5.41, 5.74) is 3.93. The lowest BCUT2D eigenvalue weighted by atomic mass is 10.1. The zero-order valence-electron chi connectivity index (χ0n) is 19.6. The molecule has 1 heterocycles. The molecule has 0 radical (unpaired) electrons. The Labute approximate surface area is 209 Å². The van der Waals surface area contributed by atoms with Crippen molar-refractivity contribution in [3.8, 4) is 5.75 Å². The number of benzene rings is 3. The Balaban J connectivity index is 1.58. The van der Waals surface area contributed by atoms with Crippen molar-refractivity contribution in [1.82, 2.24) is 0 Å². The van der Waals surface area contributed by atoms with E-state index in [4.69, 9.17) is 21.1 Å². The first-order chi connectivity index (χ1) is 16.9. The van der Waals surface area contributed by atoms with Crippen LogP contribution < -0.4 is 25.6 Å². The molecule has 0 bridgehead atoms. The van der Waals surface area contributed by atoms with E-state index < -0.39 is 6.03 Å². The molecule has 3 aromatic carbocycles. The number of hydrogen-bond donors (Lipinski definition) is 3. The zero-order valence-corrected chi connectivity index (χ0v) is 20.3. The highest BCUT2D eigenvalue weighted by molar-refractivity contribution is 6.31. The maximum absolute atomic E-state index is 12.9. The minimum Gasteiger partial charge on any atom is -0.495 e. The van der Waals surface area contributed by atoms with E-state index in [2.05, 4.69) is 20.9 Å². The molecule has 9 heteroatoms. The fourth-order valence-electron chi connectivity index (χ4n) is 3.84. The molecule has 35 heavy (non-hydrogen) atoms. The smallest absolute Gasteiger partial charge is 0.323 e. The van der Waals surface area contributed by atoms with Crippen LogP contribution in [0.15, 0.2) is 60.7 Å². The van der Waals surface area contributed by atoms with Gasteiger partial charge in [0.05, 0.1) is 37.4 Å². The number of halogens is 1. The largest absolute Gasteiger partial charge is 0.495 e. The molecular weight excluding hydrogens is 468 g/mol. The van der Waals surface area contributed by atoms with Gasteiger partial charge in [0.15, 0.2) is 0 Å². The highest BCUT2D eigenvalue weighted by Crippen LogP contribution is 2.32. The van der Waals surface area contributed by atoms with Gasteiger partial charge in [-0.25, -0.2) is 4.79 Å². The van der Waals surface area contributed by atoms with E-state index in [0.717, 1.165) is 11.3 Å². The Morgan fingerprint density at radius 2 is 1.71 bits per heavy atom. The lowest BCUT2D eigenvalue weighted by Gasteiger charge is -2.31. The van der Waals surface area contributed by atoms with Crippen LogP contribution in [-0.4, -0.2) is 45.4 Å². The Morgan fingerprint density at radius 1 is 0.943 bits per heavy atom. The van der Waals surface area contributed by atoms with Gasteiger partial charge in [0.1, 0.15) is 5.75 Å². The number of nitrogens with one attached hydrogen (secondary N) is 3. The van der Waals surface area contributed by atoms with Crippen molar-refractivity contribution < 1.29 is 19.1 Å². The monoisotopic (exact) mass is 494 g/mol. The molecule has 3 N–H and O–H groups in total.